The van der Waals surface area contributed by atoms with E-state index in [0.29, 0.717) is 18.5 Å². The molecule has 2 aromatic rings. The number of aryl methyl sites for hydroxylation is 1. The van der Waals surface area contributed by atoms with Crippen molar-refractivity contribution >= 4 is 27.6 Å². The zero-order chi connectivity index (χ0) is 20.3. The summed E-state index contributed by atoms with van der Waals surface area (Å²) < 4.78 is 37.0. The molecule has 1 aliphatic rings. The molecule has 2 heterocycles. The molecule has 8 nitrogen and oxygen atoms in total. The zero-order valence-corrected chi connectivity index (χ0v) is 16.5. The second-order valence-electron chi connectivity index (χ2n) is 6.47. The topological polar surface area (TPSA) is 106 Å². The molecule has 0 radical (unpaired) electrons. The summed E-state index contributed by atoms with van der Waals surface area (Å²) in [6.45, 7) is 3.92. The maximum absolute atomic E-state index is 12.9. The van der Waals surface area contributed by atoms with Crippen molar-refractivity contribution in [3.8, 4) is 0 Å². The van der Waals surface area contributed by atoms with Crippen LogP contribution in [0.4, 0.5) is 5.69 Å². The van der Waals surface area contributed by atoms with Gasteiger partial charge in [0.05, 0.1) is 6.61 Å². The molecule has 28 heavy (non-hydrogen) atoms. The lowest BCUT2D eigenvalue weighted by atomic mass is 10.2. The molecular weight excluding hydrogens is 384 g/mol. The molecule has 0 saturated carbocycles. The van der Waals surface area contributed by atoms with E-state index >= 15 is 0 Å². The third-order valence-corrected chi connectivity index (χ3v) is 6.23. The number of carbonyl (C=O) groups excluding carboxylic acids is 2. The Morgan fingerprint density at radius 1 is 1.21 bits per heavy atom. The van der Waals surface area contributed by atoms with Gasteiger partial charge in [-0.15, -0.1) is 0 Å². The van der Waals surface area contributed by atoms with Gasteiger partial charge in [-0.2, -0.15) is 4.31 Å². The van der Waals surface area contributed by atoms with E-state index in [0.717, 1.165) is 9.87 Å². The van der Waals surface area contributed by atoms with Crippen molar-refractivity contribution in [2.45, 2.75) is 37.8 Å². The number of sulfonamides is 1. The fraction of sp³-hybridized carbons (Fsp3) is 0.368. The Morgan fingerprint density at radius 3 is 2.61 bits per heavy atom. The van der Waals surface area contributed by atoms with Crippen molar-refractivity contribution in [2.24, 2.45) is 0 Å². The lowest BCUT2D eigenvalue weighted by Gasteiger charge is -2.22. The first-order valence-electron chi connectivity index (χ1n) is 8.99. The van der Waals surface area contributed by atoms with Crippen LogP contribution >= 0.6 is 0 Å². The maximum Gasteiger partial charge on any atom is 0.374 e. The molecule has 3 rings (SSSR count). The van der Waals surface area contributed by atoms with E-state index < -0.39 is 27.9 Å². The highest BCUT2D eigenvalue weighted by molar-refractivity contribution is 7.89. The highest BCUT2D eigenvalue weighted by Crippen LogP contribution is 2.28. The normalized spacial score (nSPS) is 17.4. The highest BCUT2D eigenvalue weighted by atomic mass is 32.2. The molecular formula is C19H22N2O6S. The lowest BCUT2D eigenvalue weighted by Crippen LogP contribution is -2.43. The molecule has 1 amide bonds. The van der Waals surface area contributed by atoms with E-state index in [9.17, 15) is 18.0 Å². The third kappa shape index (κ3) is 4.10. The van der Waals surface area contributed by atoms with Crippen LogP contribution in [0.2, 0.25) is 0 Å². The van der Waals surface area contributed by atoms with Gasteiger partial charge in [0, 0.05) is 12.2 Å². The number of carbonyl (C=O) groups is 2. The number of nitrogens with one attached hydrogen (secondary N) is 1. The zero-order valence-electron chi connectivity index (χ0n) is 15.7. The standard InChI is InChI=1S/C19H22N2O6S/c1-3-26-19(23)16-10-11-17(27-16)28(24,25)21-12-4-5-15(21)18(22)20-14-8-6-13(2)7-9-14/h6-11,15H,3-5,12H2,1-2H3,(H,20,22). The summed E-state index contributed by atoms with van der Waals surface area (Å²) in [5.74, 6) is -1.33. The quantitative estimate of drug-likeness (QED) is 0.739. The SMILES string of the molecule is CCOC(=O)c1ccc(S(=O)(=O)N2CCCC2C(=O)Nc2ccc(C)cc2)o1. The van der Waals surface area contributed by atoms with Crippen LogP contribution in [0, 0.1) is 6.92 Å². The predicted molar refractivity (Wildman–Crippen MR) is 101 cm³/mol. The largest absolute Gasteiger partial charge is 0.460 e. The fourth-order valence-electron chi connectivity index (χ4n) is 3.04. The smallest absolute Gasteiger partial charge is 0.374 e. The Morgan fingerprint density at radius 2 is 1.93 bits per heavy atom. The summed E-state index contributed by atoms with van der Waals surface area (Å²) in [7, 11) is -4.06. The highest BCUT2D eigenvalue weighted by Gasteiger charge is 2.41. The summed E-state index contributed by atoms with van der Waals surface area (Å²) in [6.07, 6.45) is 0.957. The van der Waals surface area contributed by atoms with Crippen molar-refractivity contribution < 1.29 is 27.2 Å². The van der Waals surface area contributed by atoms with Crippen LogP contribution in [-0.4, -0.2) is 43.8 Å². The molecule has 0 spiro atoms. The lowest BCUT2D eigenvalue weighted by molar-refractivity contribution is -0.119. The van der Waals surface area contributed by atoms with Crippen molar-refractivity contribution in [3.05, 3.63) is 47.7 Å². The van der Waals surface area contributed by atoms with E-state index in [4.69, 9.17) is 9.15 Å². The number of anilines is 1. The first-order valence-corrected chi connectivity index (χ1v) is 10.4. The van der Waals surface area contributed by atoms with Gasteiger partial charge >= 0.3 is 5.97 Å². The number of ether oxygens (including phenoxy) is 1. The van der Waals surface area contributed by atoms with Gasteiger partial charge in [-0.05, 0) is 51.0 Å². The minimum Gasteiger partial charge on any atom is -0.460 e. The van der Waals surface area contributed by atoms with Crippen molar-refractivity contribution in [1.82, 2.24) is 4.31 Å². The number of nitrogens with zero attached hydrogens (tertiary/aromatic N) is 1. The van der Waals surface area contributed by atoms with E-state index in [1.54, 1.807) is 19.1 Å². The molecule has 0 aliphatic carbocycles. The first-order chi connectivity index (χ1) is 13.3. The summed E-state index contributed by atoms with van der Waals surface area (Å²) in [5, 5.41) is 2.37. The number of esters is 1. The monoisotopic (exact) mass is 406 g/mol. The number of hydrogen-bond donors (Lipinski definition) is 1. The second-order valence-corrected chi connectivity index (χ2v) is 8.29. The van der Waals surface area contributed by atoms with Crippen LogP contribution in [0.3, 0.4) is 0 Å². The van der Waals surface area contributed by atoms with Crippen LogP contribution < -0.4 is 5.32 Å². The van der Waals surface area contributed by atoms with Crippen LogP contribution in [-0.2, 0) is 19.6 Å². The number of amides is 1. The summed E-state index contributed by atoms with van der Waals surface area (Å²) in [4.78, 5) is 24.4. The van der Waals surface area contributed by atoms with Crippen LogP contribution in [0.15, 0.2) is 45.9 Å². The summed E-state index contributed by atoms with van der Waals surface area (Å²) in [6, 6.07) is 8.86. The molecule has 1 aromatic heterocycles. The average Bonchev–Trinajstić information content (AvgIpc) is 3.34. The molecule has 1 atom stereocenters. The van der Waals surface area contributed by atoms with Gasteiger partial charge < -0.3 is 14.5 Å². The molecule has 150 valence electrons. The van der Waals surface area contributed by atoms with Gasteiger partial charge in [0.25, 0.3) is 10.0 Å². The van der Waals surface area contributed by atoms with Gasteiger partial charge in [0.15, 0.2) is 0 Å². The Bertz CT molecular complexity index is 965. The maximum atomic E-state index is 12.9. The number of benzene rings is 1. The van der Waals surface area contributed by atoms with Crippen LogP contribution in [0.5, 0.6) is 0 Å². The van der Waals surface area contributed by atoms with Gasteiger partial charge in [-0.3, -0.25) is 4.79 Å². The molecule has 0 bridgehead atoms. The third-order valence-electron chi connectivity index (χ3n) is 4.45. The molecule has 1 saturated heterocycles. The van der Waals surface area contributed by atoms with Gasteiger partial charge in [-0.25, -0.2) is 13.2 Å². The predicted octanol–water partition coefficient (Wildman–Crippen LogP) is 2.56. The van der Waals surface area contributed by atoms with Gasteiger partial charge in [0.1, 0.15) is 6.04 Å². The van der Waals surface area contributed by atoms with Crippen LogP contribution in [0.25, 0.3) is 0 Å². The molecule has 1 N–H and O–H groups in total. The summed E-state index contributed by atoms with van der Waals surface area (Å²) in [5.41, 5.74) is 1.65. The van der Waals surface area contributed by atoms with Crippen molar-refractivity contribution in [2.75, 3.05) is 18.5 Å². The first kappa shape index (κ1) is 20.1. The Hall–Kier alpha value is -2.65. The molecule has 1 fully saturated rings. The van der Waals surface area contributed by atoms with Crippen molar-refractivity contribution in [1.29, 1.82) is 0 Å². The Balaban J connectivity index is 1.78. The van der Waals surface area contributed by atoms with E-state index in [1.165, 1.54) is 12.1 Å². The minimum absolute atomic E-state index is 0.148. The summed E-state index contributed by atoms with van der Waals surface area (Å²) >= 11 is 0. The number of rotatable bonds is 6. The van der Waals surface area contributed by atoms with Crippen LogP contribution in [0.1, 0.15) is 35.9 Å². The van der Waals surface area contributed by atoms with E-state index in [-0.39, 0.29) is 24.0 Å². The fourth-order valence-corrected chi connectivity index (χ4v) is 4.61. The molecule has 1 unspecified atom stereocenters. The molecule has 9 heteroatoms. The minimum atomic E-state index is -4.06. The molecule has 1 aliphatic heterocycles. The number of furan rings is 1. The van der Waals surface area contributed by atoms with Gasteiger partial charge in [0.2, 0.25) is 16.8 Å². The van der Waals surface area contributed by atoms with E-state index in [1.807, 2.05) is 19.1 Å². The number of hydrogen-bond acceptors (Lipinski definition) is 6. The van der Waals surface area contributed by atoms with Crippen molar-refractivity contribution in [3.63, 3.8) is 0 Å². The average molecular weight is 406 g/mol. The Labute approximate surface area is 163 Å². The second kappa shape index (κ2) is 8.15. The Kier molecular flexibility index (Phi) is 5.85. The molecule has 1 aromatic carbocycles. The van der Waals surface area contributed by atoms with Gasteiger partial charge in [-0.1, -0.05) is 17.7 Å². The van der Waals surface area contributed by atoms with E-state index in [2.05, 4.69) is 5.32 Å².